The van der Waals surface area contributed by atoms with Gasteiger partial charge in [0.25, 0.3) is 0 Å². The Morgan fingerprint density at radius 1 is 1.47 bits per heavy atom. The molecule has 0 fully saturated rings. The molecule has 0 aliphatic heterocycles. The Balaban J connectivity index is 2.55. The molecule has 0 atom stereocenters. The Labute approximate surface area is 104 Å². The van der Waals surface area contributed by atoms with Gasteiger partial charge in [-0.15, -0.1) is 0 Å². The summed E-state index contributed by atoms with van der Waals surface area (Å²) in [7, 11) is 0. The molecular weight excluding hydrogens is 236 g/mol. The minimum atomic E-state index is 0.328. The number of fused-ring (bicyclic) bond motifs is 1. The molecule has 17 heavy (non-hydrogen) atoms. The molecule has 0 aliphatic rings. The molecule has 5 nitrogen and oxygen atoms in total. The van der Waals surface area contributed by atoms with E-state index in [1.54, 1.807) is 19.2 Å². The average Bonchev–Trinajstić information content (AvgIpc) is 2.28. The summed E-state index contributed by atoms with van der Waals surface area (Å²) in [4.78, 5) is 12.5. The van der Waals surface area contributed by atoms with Crippen LogP contribution in [0, 0.1) is 6.92 Å². The maximum atomic E-state index is 5.83. The number of nitrogen functional groups attached to an aromatic ring is 1. The van der Waals surface area contributed by atoms with E-state index in [0.717, 1.165) is 5.39 Å². The van der Waals surface area contributed by atoms with Crippen molar-refractivity contribution in [2.45, 2.75) is 13.8 Å². The van der Waals surface area contributed by atoms with Crippen molar-refractivity contribution in [1.29, 1.82) is 0 Å². The van der Waals surface area contributed by atoms with Crippen molar-refractivity contribution in [2.24, 2.45) is 0 Å². The number of aromatic nitrogens is 3. The van der Waals surface area contributed by atoms with E-state index in [4.69, 9.17) is 22.7 Å². The fourth-order valence-electron chi connectivity index (χ4n) is 1.43. The topological polar surface area (TPSA) is 73.9 Å². The molecule has 0 saturated carbocycles. The zero-order chi connectivity index (χ0) is 12.4. The number of anilines is 1. The van der Waals surface area contributed by atoms with E-state index >= 15 is 0 Å². The van der Waals surface area contributed by atoms with E-state index in [2.05, 4.69) is 15.0 Å². The quantitative estimate of drug-likeness (QED) is 0.814. The zero-order valence-electron chi connectivity index (χ0n) is 9.60. The minimum absolute atomic E-state index is 0.328. The first-order chi connectivity index (χ1) is 8.11. The fourth-order valence-corrected chi connectivity index (χ4v) is 1.72. The van der Waals surface area contributed by atoms with Crippen LogP contribution < -0.4 is 5.73 Å². The first kappa shape index (κ1) is 11.7. The van der Waals surface area contributed by atoms with E-state index in [0.29, 0.717) is 34.5 Å². The van der Waals surface area contributed by atoms with E-state index in [1.165, 1.54) is 0 Å². The van der Waals surface area contributed by atoms with Crippen molar-refractivity contribution in [3.63, 3.8) is 0 Å². The lowest BCUT2D eigenvalue weighted by atomic mass is 10.2. The molecule has 6 heteroatoms. The molecule has 0 unspecified atom stereocenters. The predicted molar refractivity (Wildman–Crippen MR) is 69.8 cm³/mol. The van der Waals surface area contributed by atoms with Crippen LogP contribution in [0.25, 0.3) is 11.0 Å². The molecule has 0 spiro atoms. The minimum Gasteiger partial charge on any atom is -0.483 e. The lowest BCUT2D eigenvalue weighted by molar-refractivity contribution is 0.338. The number of hydrogen-bond acceptors (Lipinski definition) is 6. The van der Waals surface area contributed by atoms with Gasteiger partial charge >= 0.3 is 0 Å². The van der Waals surface area contributed by atoms with E-state index in [9.17, 15) is 0 Å². The van der Waals surface area contributed by atoms with Crippen molar-refractivity contribution in [3.05, 3.63) is 23.7 Å². The van der Waals surface area contributed by atoms with E-state index < -0.39 is 0 Å². The van der Waals surface area contributed by atoms with Crippen molar-refractivity contribution in [1.82, 2.24) is 15.0 Å². The third-order valence-electron chi connectivity index (χ3n) is 2.21. The highest BCUT2D eigenvalue weighted by molar-refractivity contribution is 7.80. The molecule has 0 amide bonds. The first-order valence-corrected chi connectivity index (χ1v) is 5.59. The summed E-state index contributed by atoms with van der Waals surface area (Å²) < 4.78 is 5.25. The maximum Gasteiger partial charge on any atom is 0.194 e. The van der Waals surface area contributed by atoms with Gasteiger partial charge in [-0.1, -0.05) is 0 Å². The molecule has 2 aromatic rings. The van der Waals surface area contributed by atoms with Gasteiger partial charge in [0.1, 0.15) is 11.6 Å². The zero-order valence-corrected chi connectivity index (χ0v) is 10.4. The predicted octanol–water partition coefficient (Wildman–Crippen LogP) is 1.63. The molecule has 2 heterocycles. The highest BCUT2D eigenvalue weighted by Gasteiger charge is 2.10. The van der Waals surface area contributed by atoms with Gasteiger partial charge in [0, 0.05) is 11.6 Å². The normalized spacial score (nSPS) is 10.5. The third kappa shape index (κ3) is 2.31. The molecule has 0 aromatic carbocycles. The van der Waals surface area contributed by atoms with Gasteiger partial charge in [-0.2, -0.15) is 0 Å². The van der Waals surface area contributed by atoms with Gasteiger partial charge in [0.2, 0.25) is 0 Å². The summed E-state index contributed by atoms with van der Waals surface area (Å²) in [5, 5.41) is 1.14. The van der Waals surface area contributed by atoms with Crippen LogP contribution in [-0.2, 0) is 4.74 Å². The van der Waals surface area contributed by atoms with Crippen LogP contribution in [0.5, 0.6) is 0 Å². The molecule has 2 N–H and O–H groups in total. The largest absolute Gasteiger partial charge is 0.483 e. The van der Waals surface area contributed by atoms with Crippen LogP contribution in [0.4, 0.5) is 5.82 Å². The van der Waals surface area contributed by atoms with Crippen LogP contribution in [0.1, 0.15) is 18.3 Å². The summed E-state index contributed by atoms with van der Waals surface area (Å²) in [6.45, 7) is 4.17. The smallest absolute Gasteiger partial charge is 0.194 e. The molecule has 2 rings (SSSR count). The van der Waals surface area contributed by atoms with Crippen molar-refractivity contribution in [3.8, 4) is 0 Å². The Bertz CT molecular complexity index is 585. The Hall–Kier alpha value is -1.82. The van der Waals surface area contributed by atoms with Crippen molar-refractivity contribution < 1.29 is 4.74 Å². The monoisotopic (exact) mass is 248 g/mol. The van der Waals surface area contributed by atoms with Gasteiger partial charge in [-0.3, -0.25) is 0 Å². The number of aryl methyl sites for hydroxylation is 1. The number of pyridine rings is 1. The van der Waals surface area contributed by atoms with Gasteiger partial charge in [-0.05, 0) is 32.1 Å². The molecule has 0 radical (unpaired) electrons. The van der Waals surface area contributed by atoms with Crippen molar-refractivity contribution in [2.75, 3.05) is 12.3 Å². The second-order valence-electron chi connectivity index (χ2n) is 3.47. The van der Waals surface area contributed by atoms with E-state index in [1.807, 2.05) is 6.92 Å². The lowest BCUT2D eigenvalue weighted by Gasteiger charge is -2.08. The molecule has 0 aliphatic carbocycles. The molecule has 2 aromatic heterocycles. The van der Waals surface area contributed by atoms with Gasteiger partial charge in [-0.25, -0.2) is 15.0 Å². The van der Waals surface area contributed by atoms with Crippen LogP contribution >= 0.6 is 12.2 Å². The summed E-state index contributed by atoms with van der Waals surface area (Å²) in [5.74, 6) is 0.985. The van der Waals surface area contributed by atoms with Gasteiger partial charge < -0.3 is 10.5 Å². The summed E-state index contributed by atoms with van der Waals surface area (Å²) in [6.07, 6.45) is 1.70. The molecular formula is C11H12N4OS. The van der Waals surface area contributed by atoms with E-state index in [-0.39, 0.29) is 0 Å². The molecule has 0 bridgehead atoms. The van der Waals surface area contributed by atoms with Gasteiger partial charge in [0.05, 0.1) is 12.2 Å². The Kier molecular flexibility index (Phi) is 3.14. The van der Waals surface area contributed by atoms with Gasteiger partial charge in [0.15, 0.2) is 10.7 Å². The highest BCUT2D eigenvalue weighted by Crippen LogP contribution is 2.17. The molecule has 0 saturated heterocycles. The second-order valence-corrected chi connectivity index (χ2v) is 3.84. The summed E-state index contributed by atoms with van der Waals surface area (Å²) >= 11 is 5.11. The molecule has 88 valence electrons. The van der Waals surface area contributed by atoms with Crippen LogP contribution in [0.15, 0.2) is 12.3 Å². The first-order valence-electron chi connectivity index (χ1n) is 5.18. The third-order valence-corrected chi connectivity index (χ3v) is 2.55. The Morgan fingerprint density at radius 3 is 2.94 bits per heavy atom. The second kappa shape index (κ2) is 4.58. The number of ether oxygens (including phenoxy) is 1. The van der Waals surface area contributed by atoms with Crippen LogP contribution in [0.3, 0.4) is 0 Å². The Morgan fingerprint density at radius 2 is 2.24 bits per heavy atom. The summed E-state index contributed by atoms with van der Waals surface area (Å²) in [5.41, 5.74) is 7.01. The van der Waals surface area contributed by atoms with Crippen LogP contribution in [-0.4, -0.2) is 26.6 Å². The SMILES string of the molecule is CCOC(=S)c1cc2cnc(C)nc2nc1N. The maximum absolute atomic E-state index is 5.83. The highest BCUT2D eigenvalue weighted by atomic mass is 32.1. The summed E-state index contributed by atoms with van der Waals surface area (Å²) in [6, 6.07) is 1.80. The standard InChI is InChI=1S/C11H12N4OS/c1-3-16-11(17)8-4-7-5-13-6(2)14-10(7)15-9(8)12/h4-5H,3H2,1-2H3,(H2,12,13,14,15). The van der Waals surface area contributed by atoms with Crippen LogP contribution in [0.2, 0.25) is 0 Å². The number of rotatable bonds is 2. The number of thiocarbonyl (C=S) groups is 1. The fraction of sp³-hybridized carbons (Fsp3) is 0.273. The number of nitrogens with two attached hydrogens (primary N) is 1. The number of nitrogens with zero attached hydrogens (tertiary/aromatic N) is 3. The lowest BCUT2D eigenvalue weighted by Crippen LogP contribution is -2.09. The average molecular weight is 248 g/mol. The van der Waals surface area contributed by atoms with Crippen molar-refractivity contribution >= 4 is 34.1 Å². The number of hydrogen-bond donors (Lipinski definition) is 1.